The highest BCUT2D eigenvalue weighted by atomic mass is 16.3. The Morgan fingerprint density at radius 2 is 1.82 bits per heavy atom. The molecule has 0 saturated carbocycles. The van der Waals surface area contributed by atoms with Gasteiger partial charge >= 0.3 is 6.03 Å². The van der Waals surface area contributed by atoms with E-state index in [9.17, 15) is 9.90 Å². The lowest BCUT2D eigenvalue weighted by Crippen LogP contribution is -2.47. The van der Waals surface area contributed by atoms with Gasteiger partial charge in [-0.3, -0.25) is 0 Å². The quantitative estimate of drug-likeness (QED) is 0.578. The van der Waals surface area contributed by atoms with Gasteiger partial charge in [0.15, 0.2) is 0 Å². The zero-order valence-electron chi connectivity index (χ0n) is 14.7. The average Bonchev–Trinajstić information content (AvgIpc) is 2.46. The third kappa shape index (κ3) is 7.42. The molecule has 130 valence electrons. The number of rotatable bonds is 8. The van der Waals surface area contributed by atoms with Crippen molar-refractivity contribution in [1.29, 1.82) is 0 Å². The standard InChI is InChI=1S/C16H34N4O2/c1-14(2)16(3,22)13-18-15(21)17-7-5-6-8-20-11-9-19(4)10-12-20/h14,22H,5-13H2,1-4H3,(H2,17,18,21). The molecule has 6 nitrogen and oxygen atoms in total. The monoisotopic (exact) mass is 314 g/mol. The number of hydrogen-bond acceptors (Lipinski definition) is 4. The maximum Gasteiger partial charge on any atom is 0.314 e. The van der Waals surface area contributed by atoms with Crippen LogP contribution >= 0.6 is 0 Å². The second kappa shape index (κ2) is 9.33. The highest BCUT2D eigenvalue weighted by Gasteiger charge is 2.25. The van der Waals surface area contributed by atoms with Gasteiger partial charge in [-0.05, 0) is 39.3 Å². The van der Waals surface area contributed by atoms with E-state index in [1.807, 2.05) is 13.8 Å². The molecule has 3 N–H and O–H groups in total. The van der Waals surface area contributed by atoms with Crippen molar-refractivity contribution in [3.05, 3.63) is 0 Å². The molecule has 1 aliphatic heterocycles. The predicted octanol–water partition coefficient (Wildman–Crippen LogP) is 0.720. The van der Waals surface area contributed by atoms with Gasteiger partial charge in [0.25, 0.3) is 0 Å². The van der Waals surface area contributed by atoms with Crippen LogP contribution in [0.3, 0.4) is 0 Å². The van der Waals surface area contributed by atoms with Gasteiger partial charge in [-0.25, -0.2) is 4.79 Å². The summed E-state index contributed by atoms with van der Waals surface area (Å²) in [7, 11) is 2.16. The van der Waals surface area contributed by atoms with Crippen molar-refractivity contribution >= 4 is 6.03 Å². The van der Waals surface area contributed by atoms with E-state index in [2.05, 4.69) is 27.5 Å². The predicted molar refractivity (Wildman–Crippen MR) is 90.0 cm³/mol. The van der Waals surface area contributed by atoms with Crippen LogP contribution in [0.25, 0.3) is 0 Å². The number of carbonyl (C=O) groups is 1. The summed E-state index contributed by atoms with van der Waals surface area (Å²) in [6, 6.07) is -0.194. The molecule has 2 amide bonds. The molecule has 1 fully saturated rings. The van der Waals surface area contributed by atoms with E-state index in [1.54, 1.807) is 6.92 Å². The first-order chi connectivity index (χ1) is 10.3. The number of unbranched alkanes of at least 4 members (excludes halogenated alkanes) is 1. The molecule has 1 rings (SSSR count). The number of hydrogen-bond donors (Lipinski definition) is 3. The summed E-state index contributed by atoms with van der Waals surface area (Å²) in [6.45, 7) is 12.3. The van der Waals surface area contributed by atoms with Crippen molar-refractivity contribution in [2.75, 3.05) is 52.9 Å². The molecule has 1 atom stereocenters. The molecule has 0 aromatic carbocycles. The summed E-state index contributed by atoms with van der Waals surface area (Å²) in [5.41, 5.74) is -0.862. The van der Waals surface area contributed by atoms with Gasteiger partial charge in [-0.15, -0.1) is 0 Å². The van der Waals surface area contributed by atoms with Crippen LogP contribution in [0.15, 0.2) is 0 Å². The van der Waals surface area contributed by atoms with Crippen molar-refractivity contribution in [3.63, 3.8) is 0 Å². The fourth-order valence-electron chi connectivity index (χ4n) is 2.26. The van der Waals surface area contributed by atoms with Crippen molar-refractivity contribution in [1.82, 2.24) is 20.4 Å². The smallest absolute Gasteiger partial charge is 0.314 e. The van der Waals surface area contributed by atoms with Gasteiger partial charge < -0.3 is 25.5 Å². The molecule has 0 radical (unpaired) electrons. The number of nitrogens with zero attached hydrogens (tertiary/aromatic N) is 2. The minimum atomic E-state index is -0.862. The van der Waals surface area contributed by atoms with Crippen LogP contribution in [-0.4, -0.2) is 79.4 Å². The van der Waals surface area contributed by atoms with Gasteiger partial charge in [-0.1, -0.05) is 13.8 Å². The van der Waals surface area contributed by atoms with E-state index in [1.165, 1.54) is 0 Å². The van der Waals surface area contributed by atoms with E-state index in [0.29, 0.717) is 6.54 Å². The number of nitrogens with one attached hydrogen (secondary N) is 2. The SMILES string of the molecule is CC(C)C(C)(O)CNC(=O)NCCCCN1CCN(C)CC1. The van der Waals surface area contributed by atoms with Crippen molar-refractivity contribution in [3.8, 4) is 0 Å². The van der Waals surface area contributed by atoms with Crippen LogP contribution in [0.1, 0.15) is 33.6 Å². The first-order valence-corrected chi connectivity index (χ1v) is 8.46. The molecule has 1 heterocycles. The lowest BCUT2D eigenvalue weighted by atomic mass is 9.93. The molecule has 0 bridgehead atoms. The molecule has 0 aromatic heterocycles. The summed E-state index contributed by atoms with van der Waals surface area (Å²) < 4.78 is 0. The molecule has 1 saturated heterocycles. The minimum Gasteiger partial charge on any atom is -0.388 e. The van der Waals surface area contributed by atoms with Gasteiger partial charge in [0, 0.05) is 39.3 Å². The molecule has 1 unspecified atom stereocenters. The maximum atomic E-state index is 11.7. The Morgan fingerprint density at radius 3 is 2.41 bits per heavy atom. The van der Waals surface area contributed by atoms with Crippen LogP contribution in [0, 0.1) is 5.92 Å². The molecule has 22 heavy (non-hydrogen) atoms. The van der Waals surface area contributed by atoms with Gasteiger partial charge in [0.05, 0.1) is 5.60 Å². The third-order valence-corrected chi connectivity index (χ3v) is 4.63. The second-order valence-electron chi connectivity index (χ2n) is 6.97. The van der Waals surface area contributed by atoms with E-state index in [-0.39, 0.29) is 18.5 Å². The first kappa shape index (κ1) is 19.2. The van der Waals surface area contributed by atoms with E-state index in [0.717, 1.165) is 45.6 Å². The molecule has 0 aromatic rings. The number of carbonyl (C=O) groups excluding carboxylic acids is 1. The Hall–Kier alpha value is -0.850. The van der Waals surface area contributed by atoms with Gasteiger partial charge in [0.2, 0.25) is 0 Å². The van der Waals surface area contributed by atoms with E-state index >= 15 is 0 Å². The average molecular weight is 314 g/mol. The summed E-state index contributed by atoms with van der Waals surface area (Å²) in [4.78, 5) is 16.5. The number of amides is 2. The molecule has 0 aliphatic carbocycles. The molecular formula is C16H34N4O2. The summed E-state index contributed by atoms with van der Waals surface area (Å²) in [6.07, 6.45) is 2.09. The largest absolute Gasteiger partial charge is 0.388 e. The Labute approximate surface area is 135 Å². The van der Waals surface area contributed by atoms with Crippen LogP contribution < -0.4 is 10.6 Å². The van der Waals surface area contributed by atoms with Crippen LogP contribution in [0.4, 0.5) is 4.79 Å². The summed E-state index contributed by atoms with van der Waals surface area (Å²) >= 11 is 0. The molecular weight excluding hydrogens is 280 g/mol. The Kier molecular flexibility index (Phi) is 8.14. The number of aliphatic hydroxyl groups is 1. The van der Waals surface area contributed by atoms with Crippen molar-refractivity contribution < 1.29 is 9.90 Å². The van der Waals surface area contributed by atoms with Crippen LogP contribution in [0.5, 0.6) is 0 Å². The third-order valence-electron chi connectivity index (χ3n) is 4.63. The minimum absolute atomic E-state index is 0.108. The topological polar surface area (TPSA) is 67.8 Å². The zero-order chi connectivity index (χ0) is 16.6. The Morgan fingerprint density at radius 1 is 1.18 bits per heavy atom. The lowest BCUT2D eigenvalue weighted by molar-refractivity contribution is 0.0166. The van der Waals surface area contributed by atoms with Crippen LogP contribution in [0.2, 0.25) is 0 Å². The van der Waals surface area contributed by atoms with Gasteiger partial charge in [-0.2, -0.15) is 0 Å². The molecule has 0 spiro atoms. The normalized spacial score (nSPS) is 19.9. The summed E-state index contributed by atoms with van der Waals surface area (Å²) in [5.74, 6) is 0.108. The van der Waals surface area contributed by atoms with Crippen molar-refractivity contribution in [2.45, 2.75) is 39.2 Å². The number of piperazine rings is 1. The maximum absolute atomic E-state index is 11.7. The van der Waals surface area contributed by atoms with Crippen LogP contribution in [-0.2, 0) is 0 Å². The van der Waals surface area contributed by atoms with Crippen molar-refractivity contribution in [2.24, 2.45) is 5.92 Å². The first-order valence-electron chi connectivity index (χ1n) is 8.46. The highest BCUT2D eigenvalue weighted by Crippen LogP contribution is 2.14. The van der Waals surface area contributed by atoms with Gasteiger partial charge in [0.1, 0.15) is 0 Å². The number of likely N-dealkylation sites (N-methyl/N-ethyl adjacent to an activating group) is 1. The molecule has 6 heteroatoms. The fraction of sp³-hybridized carbons (Fsp3) is 0.938. The Bertz CT molecular complexity index is 326. The molecule has 1 aliphatic rings. The zero-order valence-corrected chi connectivity index (χ0v) is 14.7. The van der Waals surface area contributed by atoms with E-state index in [4.69, 9.17) is 0 Å². The fourth-order valence-corrected chi connectivity index (χ4v) is 2.26. The number of urea groups is 1. The lowest BCUT2D eigenvalue weighted by Gasteiger charge is -2.32. The Balaban J connectivity index is 2.01. The second-order valence-corrected chi connectivity index (χ2v) is 6.97. The highest BCUT2D eigenvalue weighted by molar-refractivity contribution is 5.73. The van der Waals surface area contributed by atoms with E-state index < -0.39 is 5.60 Å². The summed E-state index contributed by atoms with van der Waals surface area (Å²) in [5, 5.41) is 15.6.